The van der Waals surface area contributed by atoms with E-state index in [0.29, 0.717) is 23.5 Å². The summed E-state index contributed by atoms with van der Waals surface area (Å²) < 4.78 is 5.42. The third-order valence-corrected chi connectivity index (χ3v) is 4.87. The van der Waals surface area contributed by atoms with Crippen LogP contribution in [0.1, 0.15) is 23.6 Å². The second-order valence-corrected chi connectivity index (χ2v) is 7.26. The van der Waals surface area contributed by atoms with Gasteiger partial charge < -0.3 is 20.5 Å². The molecule has 0 radical (unpaired) electrons. The number of aromatic hydroxyl groups is 1. The summed E-state index contributed by atoms with van der Waals surface area (Å²) >= 11 is 0. The predicted molar refractivity (Wildman–Crippen MR) is 127 cm³/mol. The van der Waals surface area contributed by atoms with Gasteiger partial charge in [-0.3, -0.25) is 9.59 Å². The quantitative estimate of drug-likeness (QED) is 0.277. The lowest BCUT2D eigenvalue weighted by molar-refractivity contribution is -0.118. The number of amides is 2. The van der Waals surface area contributed by atoms with Gasteiger partial charge in [-0.25, -0.2) is 0 Å². The van der Waals surface area contributed by atoms with E-state index >= 15 is 0 Å². The molecular weight excluding hydrogens is 404 g/mol. The first kappa shape index (κ1) is 22.6. The number of anilines is 2. The molecule has 0 heterocycles. The van der Waals surface area contributed by atoms with Crippen molar-refractivity contribution in [3.05, 3.63) is 89.0 Å². The molecule has 3 aromatic rings. The van der Waals surface area contributed by atoms with E-state index in [9.17, 15) is 14.7 Å². The summed E-state index contributed by atoms with van der Waals surface area (Å²) in [5, 5.41) is 15.6. The number of hydrogen-bond donors (Lipinski definition) is 3. The Balaban J connectivity index is 1.98. The van der Waals surface area contributed by atoms with Crippen LogP contribution < -0.4 is 15.4 Å². The van der Waals surface area contributed by atoms with Crippen LogP contribution in [0, 0.1) is 13.8 Å². The molecule has 2 amide bonds. The van der Waals surface area contributed by atoms with Gasteiger partial charge in [-0.15, -0.1) is 0 Å². The van der Waals surface area contributed by atoms with E-state index in [1.807, 2.05) is 50.2 Å². The van der Waals surface area contributed by atoms with Gasteiger partial charge in [0.15, 0.2) is 11.5 Å². The third kappa shape index (κ3) is 5.55. The normalized spacial score (nSPS) is 10.2. The maximum absolute atomic E-state index is 13.1. The number of aryl methyl sites for hydroxylation is 2. The van der Waals surface area contributed by atoms with Crippen molar-refractivity contribution in [1.29, 1.82) is 0 Å². The molecule has 0 atom stereocenters. The van der Waals surface area contributed by atoms with E-state index in [2.05, 4.69) is 10.6 Å². The van der Waals surface area contributed by atoms with E-state index in [0.717, 1.165) is 11.1 Å². The van der Waals surface area contributed by atoms with Crippen molar-refractivity contribution in [2.75, 3.05) is 17.2 Å². The topological polar surface area (TPSA) is 87.7 Å². The number of carbonyl (C=O) groups excluding carboxylic acids is 2. The number of rotatable bonds is 7. The molecule has 3 rings (SSSR count). The molecule has 0 aliphatic heterocycles. The summed E-state index contributed by atoms with van der Waals surface area (Å²) in [4.78, 5) is 26.3. The molecule has 0 fully saturated rings. The molecule has 0 saturated heterocycles. The van der Waals surface area contributed by atoms with Crippen molar-refractivity contribution >= 4 is 29.3 Å². The van der Waals surface area contributed by atoms with E-state index in [1.165, 1.54) is 12.1 Å². The summed E-state index contributed by atoms with van der Waals surface area (Å²) in [5.74, 6) is -0.827. The molecule has 6 nitrogen and oxygen atoms in total. The van der Waals surface area contributed by atoms with Crippen LogP contribution in [0.15, 0.2) is 72.3 Å². The summed E-state index contributed by atoms with van der Waals surface area (Å²) in [6.07, 6.45) is 1.48. The zero-order chi connectivity index (χ0) is 23.1. The summed E-state index contributed by atoms with van der Waals surface area (Å²) in [6.45, 7) is 5.93. The monoisotopic (exact) mass is 430 g/mol. The molecule has 0 saturated carbocycles. The van der Waals surface area contributed by atoms with Crippen LogP contribution in [0.25, 0.3) is 6.08 Å². The number of carbonyl (C=O) groups is 2. The van der Waals surface area contributed by atoms with E-state index in [4.69, 9.17) is 4.74 Å². The molecule has 0 aliphatic rings. The molecule has 0 bridgehead atoms. The third-order valence-electron chi connectivity index (χ3n) is 4.87. The Morgan fingerprint density at radius 2 is 1.41 bits per heavy atom. The van der Waals surface area contributed by atoms with Crippen LogP contribution >= 0.6 is 0 Å². The Morgan fingerprint density at radius 3 is 1.91 bits per heavy atom. The lowest BCUT2D eigenvalue weighted by Crippen LogP contribution is -2.25. The first-order valence-corrected chi connectivity index (χ1v) is 10.3. The van der Waals surface area contributed by atoms with Gasteiger partial charge in [0.05, 0.1) is 6.61 Å². The first-order valence-electron chi connectivity index (χ1n) is 10.3. The van der Waals surface area contributed by atoms with Crippen LogP contribution in [-0.4, -0.2) is 23.5 Å². The standard InChI is InChI=1S/C26H26N2O4/c1-4-32-24-16-19(13-14-23(24)29)15-20(25(30)27-21-11-7-5-9-17(21)2)26(31)28-22-12-8-6-10-18(22)3/h5-16,29H,4H2,1-3H3,(H,27,30)(H,28,31). The average molecular weight is 431 g/mol. The summed E-state index contributed by atoms with van der Waals surface area (Å²) in [6, 6.07) is 19.3. The highest BCUT2D eigenvalue weighted by molar-refractivity contribution is 6.29. The van der Waals surface area contributed by atoms with Gasteiger partial charge in [0, 0.05) is 11.4 Å². The van der Waals surface area contributed by atoms with Crippen molar-refractivity contribution in [1.82, 2.24) is 0 Å². The highest BCUT2D eigenvalue weighted by Gasteiger charge is 2.20. The second kappa shape index (κ2) is 10.3. The lowest BCUT2D eigenvalue weighted by atomic mass is 10.1. The van der Waals surface area contributed by atoms with Crippen LogP contribution in [0.3, 0.4) is 0 Å². The zero-order valence-electron chi connectivity index (χ0n) is 18.3. The minimum absolute atomic E-state index is 0.0146. The first-order chi connectivity index (χ1) is 15.4. The molecule has 3 N–H and O–H groups in total. The second-order valence-electron chi connectivity index (χ2n) is 7.26. The molecule has 0 spiro atoms. The van der Waals surface area contributed by atoms with Crippen LogP contribution in [-0.2, 0) is 9.59 Å². The average Bonchev–Trinajstić information content (AvgIpc) is 2.77. The fourth-order valence-corrected chi connectivity index (χ4v) is 3.10. The number of benzene rings is 3. The molecule has 0 unspecified atom stereocenters. The number of phenols is 1. The summed E-state index contributed by atoms with van der Waals surface area (Å²) in [7, 11) is 0. The van der Waals surface area contributed by atoms with Crippen LogP contribution in [0.5, 0.6) is 11.5 Å². The van der Waals surface area contributed by atoms with Crippen molar-refractivity contribution in [2.24, 2.45) is 0 Å². The van der Waals surface area contributed by atoms with Crippen molar-refractivity contribution in [2.45, 2.75) is 20.8 Å². The lowest BCUT2D eigenvalue weighted by Gasteiger charge is -2.13. The van der Waals surface area contributed by atoms with E-state index in [1.54, 1.807) is 31.2 Å². The van der Waals surface area contributed by atoms with Crippen LogP contribution in [0.4, 0.5) is 11.4 Å². The maximum atomic E-state index is 13.1. The Hall–Kier alpha value is -4.06. The fourth-order valence-electron chi connectivity index (χ4n) is 3.10. The number of ether oxygens (including phenoxy) is 1. The minimum atomic E-state index is -0.545. The van der Waals surface area contributed by atoms with Crippen molar-refractivity contribution in [3.8, 4) is 11.5 Å². The van der Waals surface area contributed by atoms with Crippen molar-refractivity contribution < 1.29 is 19.4 Å². The van der Waals surface area contributed by atoms with Gasteiger partial charge in [-0.1, -0.05) is 42.5 Å². The minimum Gasteiger partial charge on any atom is -0.504 e. The highest BCUT2D eigenvalue weighted by Crippen LogP contribution is 2.28. The van der Waals surface area contributed by atoms with Gasteiger partial charge in [-0.05, 0) is 67.8 Å². The highest BCUT2D eigenvalue weighted by atomic mass is 16.5. The van der Waals surface area contributed by atoms with Gasteiger partial charge in [-0.2, -0.15) is 0 Å². The largest absolute Gasteiger partial charge is 0.504 e. The van der Waals surface area contributed by atoms with Gasteiger partial charge in [0.1, 0.15) is 5.57 Å². The van der Waals surface area contributed by atoms with E-state index in [-0.39, 0.29) is 17.1 Å². The molecule has 3 aromatic carbocycles. The fraction of sp³-hybridized carbons (Fsp3) is 0.154. The Bertz CT molecular complexity index is 1110. The smallest absolute Gasteiger partial charge is 0.261 e. The van der Waals surface area contributed by atoms with Gasteiger partial charge >= 0.3 is 0 Å². The van der Waals surface area contributed by atoms with Crippen molar-refractivity contribution in [3.63, 3.8) is 0 Å². The molecule has 0 aromatic heterocycles. The SMILES string of the molecule is CCOc1cc(C=C(C(=O)Nc2ccccc2C)C(=O)Nc2ccccc2C)ccc1O. The molecule has 32 heavy (non-hydrogen) atoms. The molecule has 0 aliphatic carbocycles. The number of nitrogens with one attached hydrogen (secondary N) is 2. The summed E-state index contributed by atoms with van der Waals surface area (Å²) in [5.41, 5.74) is 3.46. The Morgan fingerprint density at radius 1 is 0.875 bits per heavy atom. The number of para-hydroxylation sites is 2. The molecular formula is C26H26N2O4. The maximum Gasteiger partial charge on any atom is 0.261 e. The van der Waals surface area contributed by atoms with Gasteiger partial charge in [0.25, 0.3) is 11.8 Å². The molecule has 6 heteroatoms. The molecule has 164 valence electrons. The Labute approximate surface area is 187 Å². The zero-order valence-corrected chi connectivity index (χ0v) is 18.3. The predicted octanol–water partition coefficient (Wildman–Crippen LogP) is 5.07. The number of hydrogen-bond acceptors (Lipinski definition) is 4. The number of phenolic OH excluding ortho intramolecular Hbond substituents is 1. The van der Waals surface area contributed by atoms with Gasteiger partial charge in [0.2, 0.25) is 0 Å². The Kier molecular flexibility index (Phi) is 7.29. The van der Waals surface area contributed by atoms with Crippen LogP contribution in [0.2, 0.25) is 0 Å². The van der Waals surface area contributed by atoms with E-state index < -0.39 is 11.8 Å².